The van der Waals surface area contributed by atoms with Gasteiger partial charge in [-0.3, -0.25) is 4.89 Å². The van der Waals surface area contributed by atoms with Crippen molar-refractivity contribution in [3.63, 3.8) is 0 Å². The van der Waals surface area contributed by atoms with Crippen LogP contribution in [-0.4, -0.2) is 11.2 Å². The van der Waals surface area contributed by atoms with Crippen molar-refractivity contribution in [1.82, 2.24) is 0 Å². The Labute approximate surface area is 148 Å². The van der Waals surface area contributed by atoms with Gasteiger partial charge in [0.15, 0.2) is 0 Å². The van der Waals surface area contributed by atoms with Gasteiger partial charge in [-0.25, -0.2) is 4.79 Å². The lowest BCUT2D eigenvalue weighted by Crippen LogP contribution is -2.08. The van der Waals surface area contributed by atoms with Crippen molar-refractivity contribution < 1.29 is 14.9 Å². The molecule has 3 heteroatoms. The van der Waals surface area contributed by atoms with Crippen molar-refractivity contribution in [3.8, 4) is 0 Å². The molecular formula is C21H38O3. The Morgan fingerprint density at radius 3 is 2.17 bits per heavy atom. The second kappa shape index (κ2) is 14.5. The average molecular weight is 339 g/mol. The van der Waals surface area contributed by atoms with Crippen molar-refractivity contribution in [1.29, 1.82) is 0 Å². The Kier molecular flexibility index (Phi) is 12.8. The van der Waals surface area contributed by atoms with Crippen LogP contribution in [0.15, 0.2) is 12.2 Å². The van der Waals surface area contributed by atoms with Crippen molar-refractivity contribution in [2.24, 2.45) is 11.8 Å². The van der Waals surface area contributed by atoms with Crippen LogP contribution in [0.4, 0.5) is 0 Å². The molecule has 0 aliphatic heterocycles. The SMILES string of the molecule is CCCCCCCCC[C@H]1CCC[C@@H]1CCCC/C=C/C(=O)OO. The van der Waals surface area contributed by atoms with Crippen LogP contribution in [0.25, 0.3) is 0 Å². The number of carbonyl (C=O) groups is 1. The third kappa shape index (κ3) is 10.1. The molecule has 0 aromatic heterocycles. The lowest BCUT2D eigenvalue weighted by atomic mass is 9.87. The molecule has 1 saturated carbocycles. The highest BCUT2D eigenvalue weighted by atomic mass is 17.1. The summed E-state index contributed by atoms with van der Waals surface area (Å²) in [5, 5.41) is 8.15. The molecule has 3 nitrogen and oxygen atoms in total. The Balaban J connectivity index is 2.02. The molecule has 0 spiro atoms. The number of unbranched alkanes of at least 4 members (excludes halogenated alkanes) is 8. The van der Waals surface area contributed by atoms with Gasteiger partial charge in [0.25, 0.3) is 0 Å². The Bertz CT molecular complexity index is 338. The molecule has 0 heterocycles. The number of hydrogen-bond donors (Lipinski definition) is 1. The molecule has 0 saturated heterocycles. The zero-order valence-electron chi connectivity index (χ0n) is 15.7. The topological polar surface area (TPSA) is 46.5 Å². The second-order valence-corrected chi connectivity index (χ2v) is 7.46. The van der Waals surface area contributed by atoms with Crippen molar-refractivity contribution >= 4 is 5.97 Å². The van der Waals surface area contributed by atoms with Crippen molar-refractivity contribution in [2.75, 3.05) is 0 Å². The molecule has 1 fully saturated rings. The molecule has 0 aromatic carbocycles. The maximum Gasteiger partial charge on any atom is 0.365 e. The maximum atomic E-state index is 10.7. The van der Waals surface area contributed by atoms with E-state index in [1.807, 2.05) is 0 Å². The molecule has 0 radical (unpaired) electrons. The van der Waals surface area contributed by atoms with Crippen LogP contribution in [0.2, 0.25) is 0 Å². The molecule has 0 unspecified atom stereocenters. The summed E-state index contributed by atoms with van der Waals surface area (Å²) < 4.78 is 0. The van der Waals surface area contributed by atoms with Crippen LogP contribution in [0.3, 0.4) is 0 Å². The molecule has 24 heavy (non-hydrogen) atoms. The highest BCUT2D eigenvalue weighted by Gasteiger charge is 2.25. The van der Waals surface area contributed by atoms with E-state index in [-0.39, 0.29) is 0 Å². The van der Waals surface area contributed by atoms with E-state index in [0.29, 0.717) is 0 Å². The molecule has 0 amide bonds. The molecule has 0 aromatic rings. The lowest BCUT2D eigenvalue weighted by Gasteiger charge is -2.19. The number of allylic oxidation sites excluding steroid dienone is 1. The zero-order chi connectivity index (χ0) is 17.5. The largest absolute Gasteiger partial charge is 0.365 e. The highest BCUT2D eigenvalue weighted by molar-refractivity contribution is 5.81. The summed E-state index contributed by atoms with van der Waals surface area (Å²) in [4.78, 5) is 14.3. The highest BCUT2D eigenvalue weighted by Crippen LogP contribution is 2.38. The van der Waals surface area contributed by atoms with E-state index in [2.05, 4.69) is 11.8 Å². The first-order valence-corrected chi connectivity index (χ1v) is 10.3. The molecule has 1 aliphatic rings. The summed E-state index contributed by atoms with van der Waals surface area (Å²) in [6, 6.07) is 0. The summed E-state index contributed by atoms with van der Waals surface area (Å²) in [7, 11) is 0. The van der Waals surface area contributed by atoms with Crippen LogP contribution in [0.5, 0.6) is 0 Å². The van der Waals surface area contributed by atoms with E-state index < -0.39 is 5.97 Å². The van der Waals surface area contributed by atoms with Crippen LogP contribution in [0.1, 0.15) is 103 Å². The van der Waals surface area contributed by atoms with E-state index in [1.165, 1.54) is 89.5 Å². The fourth-order valence-corrected chi connectivity index (χ4v) is 4.12. The van der Waals surface area contributed by atoms with E-state index in [4.69, 9.17) is 5.26 Å². The first-order valence-electron chi connectivity index (χ1n) is 10.3. The predicted octanol–water partition coefficient (Wildman–Crippen LogP) is 6.68. The van der Waals surface area contributed by atoms with Gasteiger partial charge in [-0.2, -0.15) is 5.26 Å². The summed E-state index contributed by atoms with van der Waals surface area (Å²) in [5.74, 6) is 1.23. The first-order chi connectivity index (χ1) is 11.8. The number of rotatable bonds is 14. The van der Waals surface area contributed by atoms with Gasteiger partial charge in [0.05, 0.1) is 0 Å². The Morgan fingerprint density at radius 2 is 1.54 bits per heavy atom. The monoisotopic (exact) mass is 338 g/mol. The first kappa shape index (κ1) is 21.2. The maximum absolute atomic E-state index is 10.7. The number of hydrogen-bond acceptors (Lipinski definition) is 3. The third-order valence-corrected chi connectivity index (χ3v) is 5.53. The zero-order valence-corrected chi connectivity index (χ0v) is 15.7. The van der Waals surface area contributed by atoms with E-state index in [9.17, 15) is 4.79 Å². The fraction of sp³-hybridized carbons (Fsp3) is 0.857. The average Bonchev–Trinajstić information content (AvgIpc) is 3.04. The van der Waals surface area contributed by atoms with Crippen LogP contribution < -0.4 is 0 Å². The Hall–Kier alpha value is -0.830. The van der Waals surface area contributed by atoms with Gasteiger partial charge in [0.1, 0.15) is 0 Å². The summed E-state index contributed by atoms with van der Waals surface area (Å²) in [6.45, 7) is 2.28. The van der Waals surface area contributed by atoms with Crippen LogP contribution >= 0.6 is 0 Å². The van der Waals surface area contributed by atoms with Gasteiger partial charge in [0, 0.05) is 6.08 Å². The summed E-state index contributed by atoms with van der Waals surface area (Å²) >= 11 is 0. The molecule has 1 aliphatic carbocycles. The predicted molar refractivity (Wildman–Crippen MR) is 99.8 cm³/mol. The fourth-order valence-electron chi connectivity index (χ4n) is 4.12. The summed E-state index contributed by atoms with van der Waals surface area (Å²) in [6.07, 6.45) is 23.3. The normalized spacial score (nSPS) is 20.8. The van der Waals surface area contributed by atoms with Crippen molar-refractivity contribution in [3.05, 3.63) is 12.2 Å². The molecule has 1 rings (SSSR count). The van der Waals surface area contributed by atoms with Gasteiger partial charge in [0.2, 0.25) is 0 Å². The van der Waals surface area contributed by atoms with Gasteiger partial charge < -0.3 is 0 Å². The van der Waals surface area contributed by atoms with Gasteiger partial charge in [-0.15, -0.1) is 0 Å². The molecule has 0 bridgehead atoms. The smallest absolute Gasteiger partial charge is 0.296 e. The second-order valence-electron chi connectivity index (χ2n) is 7.46. The standard InChI is InChI=1S/C21H38O3/c1-2-3-4-5-6-7-10-14-19-16-13-17-20(19)15-11-8-9-12-18-21(22)24-23/h12,18-20,23H,2-11,13-17H2,1H3/b18-12+/t19-,20-/m0/s1. The molecule has 1 N–H and O–H groups in total. The van der Waals surface area contributed by atoms with Crippen LogP contribution in [-0.2, 0) is 9.68 Å². The molecule has 140 valence electrons. The lowest BCUT2D eigenvalue weighted by molar-refractivity contribution is -0.228. The number of carbonyl (C=O) groups excluding carboxylic acids is 1. The van der Waals surface area contributed by atoms with Crippen molar-refractivity contribution in [2.45, 2.75) is 103 Å². The van der Waals surface area contributed by atoms with E-state index >= 15 is 0 Å². The minimum Gasteiger partial charge on any atom is -0.296 e. The minimum atomic E-state index is -0.680. The van der Waals surface area contributed by atoms with Gasteiger partial charge in [-0.1, -0.05) is 96.5 Å². The van der Waals surface area contributed by atoms with Gasteiger partial charge in [-0.05, 0) is 24.7 Å². The van der Waals surface area contributed by atoms with Gasteiger partial charge >= 0.3 is 5.97 Å². The minimum absolute atomic E-state index is 0.680. The van der Waals surface area contributed by atoms with Crippen LogP contribution in [0, 0.1) is 11.8 Å². The summed E-state index contributed by atoms with van der Waals surface area (Å²) in [5.41, 5.74) is 0. The molecular weight excluding hydrogens is 300 g/mol. The third-order valence-electron chi connectivity index (χ3n) is 5.53. The quantitative estimate of drug-likeness (QED) is 0.166. The van der Waals surface area contributed by atoms with E-state index in [1.54, 1.807) is 6.08 Å². The Morgan fingerprint density at radius 1 is 0.958 bits per heavy atom. The molecule has 2 atom stereocenters. The van der Waals surface area contributed by atoms with E-state index in [0.717, 1.165) is 24.7 Å².